The number of aromatic nitrogens is 2. The third-order valence-corrected chi connectivity index (χ3v) is 5.00. The zero-order chi connectivity index (χ0) is 17.9. The van der Waals surface area contributed by atoms with Gasteiger partial charge >= 0.3 is 0 Å². The van der Waals surface area contributed by atoms with E-state index in [2.05, 4.69) is 27.3 Å². The van der Waals surface area contributed by atoms with E-state index < -0.39 is 0 Å². The van der Waals surface area contributed by atoms with Gasteiger partial charge in [0.2, 0.25) is 0 Å². The maximum absolute atomic E-state index is 7.72. The van der Waals surface area contributed by atoms with Gasteiger partial charge in [-0.05, 0) is 31.0 Å². The van der Waals surface area contributed by atoms with E-state index in [4.69, 9.17) is 20.9 Å². The van der Waals surface area contributed by atoms with Gasteiger partial charge in [-0.15, -0.1) is 0 Å². The van der Waals surface area contributed by atoms with Gasteiger partial charge in [0.25, 0.3) is 0 Å². The second-order valence-electron chi connectivity index (χ2n) is 6.87. The molecule has 0 spiro atoms. The molecule has 7 heteroatoms. The van der Waals surface area contributed by atoms with Crippen LogP contribution in [0.25, 0.3) is 16.6 Å². The van der Waals surface area contributed by atoms with Crippen LogP contribution in [-0.2, 0) is 4.74 Å². The van der Waals surface area contributed by atoms with E-state index in [1.165, 1.54) is 6.21 Å². The van der Waals surface area contributed by atoms with Crippen molar-refractivity contribution in [2.45, 2.75) is 24.9 Å². The molecule has 2 heterocycles. The lowest BCUT2D eigenvalue weighted by molar-refractivity contribution is 0.122. The van der Waals surface area contributed by atoms with Crippen molar-refractivity contribution in [3.05, 3.63) is 36.3 Å². The zero-order valence-electron chi connectivity index (χ0n) is 14.7. The first-order chi connectivity index (χ1) is 12.7. The van der Waals surface area contributed by atoms with Crippen LogP contribution in [0.1, 0.15) is 18.5 Å². The van der Waals surface area contributed by atoms with Gasteiger partial charge in [0, 0.05) is 48.8 Å². The van der Waals surface area contributed by atoms with E-state index in [-0.39, 0.29) is 0 Å². The van der Waals surface area contributed by atoms with Crippen molar-refractivity contribution in [2.24, 2.45) is 5.73 Å². The van der Waals surface area contributed by atoms with Crippen LogP contribution in [0.2, 0.25) is 0 Å². The normalized spacial score (nSPS) is 23.6. The molecular weight excluding hydrogens is 328 g/mol. The lowest BCUT2D eigenvalue weighted by Gasteiger charge is -2.32. The number of hydrogen-bond acceptors (Lipinski definition) is 7. The van der Waals surface area contributed by atoms with Gasteiger partial charge < -0.3 is 26.1 Å². The van der Waals surface area contributed by atoms with Gasteiger partial charge in [0.15, 0.2) is 0 Å². The Hall–Kier alpha value is -2.51. The Morgan fingerprint density at radius 1 is 1.27 bits per heavy atom. The Balaban J connectivity index is 1.58. The summed E-state index contributed by atoms with van der Waals surface area (Å²) in [6.07, 6.45) is 6.82. The summed E-state index contributed by atoms with van der Waals surface area (Å²) in [6.45, 7) is 3.28. The first-order valence-corrected chi connectivity index (χ1v) is 9.05. The van der Waals surface area contributed by atoms with Gasteiger partial charge in [0.05, 0.1) is 36.1 Å². The maximum atomic E-state index is 7.72. The summed E-state index contributed by atoms with van der Waals surface area (Å²) in [5, 5.41) is 11.0. The van der Waals surface area contributed by atoms with Gasteiger partial charge in [-0.25, -0.2) is 4.98 Å². The Bertz CT molecular complexity index is 824. The zero-order valence-corrected chi connectivity index (χ0v) is 14.7. The highest BCUT2D eigenvalue weighted by Crippen LogP contribution is 2.22. The molecule has 0 amide bonds. The molecular formula is C19H24N6O. The minimum Gasteiger partial charge on any atom is -0.387 e. The van der Waals surface area contributed by atoms with E-state index in [0.29, 0.717) is 17.8 Å². The van der Waals surface area contributed by atoms with Crippen molar-refractivity contribution in [3.63, 3.8) is 0 Å². The van der Waals surface area contributed by atoms with Gasteiger partial charge in [-0.2, -0.15) is 0 Å². The molecule has 0 bridgehead atoms. The topological polar surface area (TPSA) is 100 Å². The van der Waals surface area contributed by atoms with E-state index in [9.17, 15) is 0 Å². The monoisotopic (exact) mass is 352 g/mol. The molecule has 0 atom stereocenters. The van der Waals surface area contributed by atoms with Crippen LogP contribution in [-0.4, -0.2) is 54.6 Å². The van der Waals surface area contributed by atoms with Crippen LogP contribution in [0.5, 0.6) is 0 Å². The second kappa shape index (κ2) is 7.39. The average molecular weight is 352 g/mol. The number of rotatable bonds is 5. The summed E-state index contributed by atoms with van der Waals surface area (Å²) >= 11 is 0. The second-order valence-corrected chi connectivity index (χ2v) is 6.87. The number of allylic oxidation sites excluding steroid dienone is 1. The molecule has 2 fully saturated rings. The lowest BCUT2D eigenvalue weighted by atomic mass is 9.88. The Kier molecular flexibility index (Phi) is 4.81. The number of ether oxygens (including phenoxy) is 1. The fourth-order valence-corrected chi connectivity index (χ4v) is 3.35. The number of hydrogen-bond donors (Lipinski definition) is 3. The van der Waals surface area contributed by atoms with Crippen molar-refractivity contribution in [3.8, 4) is 0 Å². The van der Waals surface area contributed by atoms with Crippen molar-refractivity contribution in [1.29, 1.82) is 5.41 Å². The van der Waals surface area contributed by atoms with Crippen LogP contribution >= 0.6 is 0 Å². The first kappa shape index (κ1) is 16.9. The molecule has 1 saturated carbocycles. The molecule has 136 valence electrons. The number of nitrogens with one attached hydrogen (secondary N) is 2. The van der Waals surface area contributed by atoms with Gasteiger partial charge in [0.1, 0.15) is 0 Å². The summed E-state index contributed by atoms with van der Waals surface area (Å²) < 4.78 is 5.42. The summed E-state index contributed by atoms with van der Waals surface area (Å²) in [7, 11) is 0. The largest absolute Gasteiger partial charge is 0.387 e. The van der Waals surface area contributed by atoms with E-state index in [1.807, 2.05) is 12.3 Å². The fraction of sp³-hybridized carbons (Fsp3) is 0.421. The molecule has 2 aliphatic rings. The van der Waals surface area contributed by atoms with Crippen LogP contribution < -0.4 is 16.0 Å². The van der Waals surface area contributed by atoms with E-state index in [0.717, 1.165) is 61.4 Å². The number of nitrogens with two attached hydrogens (primary N) is 1. The molecule has 4 rings (SSSR count). The van der Waals surface area contributed by atoms with Crippen LogP contribution in [0, 0.1) is 5.41 Å². The highest BCUT2D eigenvalue weighted by molar-refractivity contribution is 6.07. The predicted molar refractivity (Wildman–Crippen MR) is 103 cm³/mol. The lowest BCUT2D eigenvalue weighted by Crippen LogP contribution is -2.46. The first-order valence-electron chi connectivity index (χ1n) is 9.05. The third-order valence-electron chi connectivity index (χ3n) is 5.00. The van der Waals surface area contributed by atoms with Crippen molar-refractivity contribution < 1.29 is 4.74 Å². The quantitative estimate of drug-likeness (QED) is 0.706. The third kappa shape index (κ3) is 3.54. The molecule has 1 aliphatic carbocycles. The smallest absolute Gasteiger partial charge is 0.0922 e. The Morgan fingerprint density at radius 3 is 2.81 bits per heavy atom. The fourth-order valence-electron chi connectivity index (χ4n) is 3.35. The standard InChI is InChI=1S/C19H24N6O/c20-10-13(11-22-15-7-14(21)8-15)19-12-23-17-2-1-16(9-18(17)24-19)25-3-5-26-6-4-25/h1-2,9-12,14-15,20,22H,3-8,21H2/b13-11+,20-10?. The molecule has 0 radical (unpaired) electrons. The highest BCUT2D eigenvalue weighted by Gasteiger charge is 2.24. The van der Waals surface area contributed by atoms with Crippen molar-refractivity contribution in [1.82, 2.24) is 15.3 Å². The minimum atomic E-state index is 0.295. The highest BCUT2D eigenvalue weighted by atomic mass is 16.5. The van der Waals surface area contributed by atoms with Crippen LogP contribution in [0.15, 0.2) is 30.6 Å². The number of anilines is 1. The number of nitrogens with zero attached hydrogens (tertiary/aromatic N) is 3. The predicted octanol–water partition coefficient (Wildman–Crippen LogP) is 1.54. The van der Waals surface area contributed by atoms with Crippen LogP contribution in [0.3, 0.4) is 0 Å². The molecule has 1 saturated heterocycles. The molecule has 7 nitrogen and oxygen atoms in total. The Labute approximate surface area is 152 Å². The van der Waals surface area contributed by atoms with Gasteiger partial charge in [-0.1, -0.05) is 0 Å². The summed E-state index contributed by atoms with van der Waals surface area (Å²) in [5.41, 5.74) is 10.1. The molecule has 26 heavy (non-hydrogen) atoms. The summed E-state index contributed by atoms with van der Waals surface area (Å²) in [6, 6.07) is 6.83. The average Bonchev–Trinajstić information content (AvgIpc) is 2.67. The molecule has 1 aromatic heterocycles. The summed E-state index contributed by atoms with van der Waals surface area (Å²) in [5.74, 6) is 0. The minimum absolute atomic E-state index is 0.295. The van der Waals surface area contributed by atoms with E-state index in [1.54, 1.807) is 6.20 Å². The Morgan fingerprint density at radius 2 is 2.08 bits per heavy atom. The maximum Gasteiger partial charge on any atom is 0.0922 e. The van der Waals surface area contributed by atoms with Gasteiger partial charge in [-0.3, -0.25) is 4.98 Å². The molecule has 2 aromatic rings. The number of benzene rings is 1. The van der Waals surface area contributed by atoms with Crippen molar-refractivity contribution in [2.75, 3.05) is 31.2 Å². The molecule has 1 aromatic carbocycles. The SMILES string of the molecule is N=C/C(=C\NC1CC(N)C1)c1cnc2ccc(N3CCOCC3)cc2n1. The summed E-state index contributed by atoms with van der Waals surface area (Å²) in [4.78, 5) is 11.5. The number of fused-ring (bicyclic) bond motifs is 1. The van der Waals surface area contributed by atoms with E-state index >= 15 is 0 Å². The molecule has 4 N–H and O–H groups in total. The number of morpholine rings is 1. The van der Waals surface area contributed by atoms with Crippen LogP contribution in [0.4, 0.5) is 5.69 Å². The molecule has 0 unspecified atom stereocenters. The van der Waals surface area contributed by atoms with Crippen molar-refractivity contribution >= 4 is 28.5 Å². The molecule has 1 aliphatic heterocycles.